The van der Waals surface area contributed by atoms with E-state index in [1.807, 2.05) is 11.9 Å². The molecule has 1 aromatic rings. The van der Waals surface area contributed by atoms with Crippen molar-refractivity contribution in [1.82, 2.24) is 0 Å². The van der Waals surface area contributed by atoms with E-state index < -0.39 is 6.10 Å². The molecule has 4 heteroatoms. The maximum atomic E-state index is 9.32. The van der Waals surface area contributed by atoms with Crippen LogP contribution >= 0.6 is 0 Å². The Hall–Kier alpha value is -1.73. The van der Waals surface area contributed by atoms with Gasteiger partial charge in [0.05, 0.1) is 24.5 Å². The topological polar surface area (TPSA) is 56.5 Å². The zero-order chi connectivity index (χ0) is 12.1. The normalized spacial score (nSPS) is 11.7. The van der Waals surface area contributed by atoms with E-state index in [1.165, 1.54) is 0 Å². The number of ether oxygens (including phenoxy) is 1. The summed E-state index contributed by atoms with van der Waals surface area (Å²) < 4.78 is 5.11. The van der Waals surface area contributed by atoms with Crippen molar-refractivity contribution in [3.63, 3.8) is 0 Å². The number of hydrogen-bond donors (Lipinski definition) is 1. The highest BCUT2D eigenvalue weighted by molar-refractivity contribution is 5.61. The third-order valence-electron chi connectivity index (χ3n) is 2.27. The lowest BCUT2D eigenvalue weighted by Crippen LogP contribution is -2.27. The molecule has 4 nitrogen and oxygen atoms in total. The van der Waals surface area contributed by atoms with E-state index >= 15 is 0 Å². The number of anilines is 1. The fourth-order valence-electron chi connectivity index (χ4n) is 1.54. The Labute approximate surface area is 95.7 Å². The summed E-state index contributed by atoms with van der Waals surface area (Å²) in [6, 6.07) is 7.38. The van der Waals surface area contributed by atoms with Crippen molar-refractivity contribution in [1.29, 1.82) is 5.26 Å². The van der Waals surface area contributed by atoms with Crippen molar-refractivity contribution < 1.29 is 9.84 Å². The summed E-state index contributed by atoms with van der Waals surface area (Å²) in [4.78, 5) is 1.84. The Balaban J connectivity index is 3.04. The van der Waals surface area contributed by atoms with Crippen LogP contribution in [0.1, 0.15) is 12.5 Å². The van der Waals surface area contributed by atoms with E-state index in [-0.39, 0.29) is 0 Å². The number of methoxy groups -OCH3 is 1. The van der Waals surface area contributed by atoms with Crippen molar-refractivity contribution in [3.05, 3.63) is 23.8 Å². The average Bonchev–Trinajstić information content (AvgIpc) is 2.27. The molecule has 0 spiro atoms. The first-order valence-electron chi connectivity index (χ1n) is 5.05. The summed E-state index contributed by atoms with van der Waals surface area (Å²) in [5.41, 5.74) is 1.34. The summed E-state index contributed by atoms with van der Waals surface area (Å²) in [5.74, 6) is 0.700. The standard InChI is InChI=1S/C12H16N2O2/c1-9(15)8-14(2)12-6-11(16-3)5-4-10(12)7-13/h4-6,9,15H,8H2,1-3H3. The molecule has 0 amide bonds. The van der Waals surface area contributed by atoms with Gasteiger partial charge < -0.3 is 14.7 Å². The molecule has 0 bridgehead atoms. The van der Waals surface area contributed by atoms with Crippen LogP contribution in [0.25, 0.3) is 0 Å². The van der Waals surface area contributed by atoms with Gasteiger partial charge in [0, 0.05) is 19.7 Å². The number of nitriles is 1. The third kappa shape index (κ3) is 2.88. The smallest absolute Gasteiger partial charge is 0.121 e. The summed E-state index contributed by atoms with van der Waals surface area (Å²) in [5, 5.41) is 18.3. The van der Waals surface area contributed by atoms with Crippen molar-refractivity contribution in [3.8, 4) is 11.8 Å². The minimum absolute atomic E-state index is 0.442. The second-order valence-electron chi connectivity index (χ2n) is 3.72. The molecule has 0 aliphatic heterocycles. The van der Waals surface area contributed by atoms with E-state index in [4.69, 9.17) is 10.00 Å². The van der Waals surface area contributed by atoms with Gasteiger partial charge in [-0.1, -0.05) is 0 Å². The highest BCUT2D eigenvalue weighted by Gasteiger charge is 2.10. The van der Waals surface area contributed by atoms with Gasteiger partial charge in [-0.15, -0.1) is 0 Å². The molecular weight excluding hydrogens is 204 g/mol. The molecule has 0 saturated heterocycles. The Morgan fingerprint density at radius 2 is 2.25 bits per heavy atom. The lowest BCUT2D eigenvalue weighted by Gasteiger charge is -2.22. The van der Waals surface area contributed by atoms with Crippen molar-refractivity contribution in [2.75, 3.05) is 25.6 Å². The number of rotatable bonds is 4. The van der Waals surface area contributed by atoms with Gasteiger partial charge in [-0.2, -0.15) is 5.26 Å². The number of nitrogens with zero attached hydrogens (tertiary/aromatic N) is 2. The van der Waals surface area contributed by atoms with Gasteiger partial charge in [0.2, 0.25) is 0 Å². The summed E-state index contributed by atoms with van der Waals surface area (Å²) in [6.07, 6.45) is -0.442. The second-order valence-corrected chi connectivity index (χ2v) is 3.72. The highest BCUT2D eigenvalue weighted by Crippen LogP contribution is 2.24. The molecule has 0 heterocycles. The van der Waals surface area contributed by atoms with Crippen LogP contribution in [0.4, 0.5) is 5.69 Å². The zero-order valence-electron chi connectivity index (χ0n) is 9.77. The quantitative estimate of drug-likeness (QED) is 0.833. The highest BCUT2D eigenvalue weighted by atomic mass is 16.5. The van der Waals surface area contributed by atoms with Gasteiger partial charge in [0.25, 0.3) is 0 Å². The molecule has 16 heavy (non-hydrogen) atoms. The predicted octanol–water partition coefficient (Wildman–Crippen LogP) is 1.38. The first-order chi connectivity index (χ1) is 7.58. The molecule has 0 saturated carbocycles. The summed E-state index contributed by atoms with van der Waals surface area (Å²) in [6.45, 7) is 2.19. The predicted molar refractivity (Wildman–Crippen MR) is 62.7 cm³/mol. The van der Waals surface area contributed by atoms with E-state index in [2.05, 4.69) is 6.07 Å². The number of benzene rings is 1. The maximum Gasteiger partial charge on any atom is 0.121 e. The fraction of sp³-hybridized carbons (Fsp3) is 0.417. The molecule has 0 aliphatic rings. The van der Waals surface area contributed by atoms with E-state index in [1.54, 1.807) is 32.2 Å². The molecule has 1 aromatic carbocycles. The zero-order valence-corrected chi connectivity index (χ0v) is 9.77. The summed E-state index contributed by atoms with van der Waals surface area (Å²) in [7, 11) is 3.42. The molecule has 1 unspecified atom stereocenters. The molecule has 0 radical (unpaired) electrons. The molecule has 0 aliphatic carbocycles. The van der Waals surface area contributed by atoms with E-state index in [9.17, 15) is 5.11 Å². The van der Waals surface area contributed by atoms with Crippen molar-refractivity contribution in [2.24, 2.45) is 0 Å². The van der Waals surface area contributed by atoms with Crippen LogP contribution in [0.15, 0.2) is 18.2 Å². The largest absolute Gasteiger partial charge is 0.497 e. The second kappa shape index (κ2) is 5.38. The average molecular weight is 220 g/mol. The van der Waals surface area contributed by atoms with Crippen molar-refractivity contribution >= 4 is 5.69 Å². The Morgan fingerprint density at radius 3 is 2.75 bits per heavy atom. The molecule has 1 atom stereocenters. The minimum Gasteiger partial charge on any atom is -0.497 e. The van der Waals surface area contributed by atoms with Crippen LogP contribution in [0.5, 0.6) is 5.75 Å². The Kier molecular flexibility index (Phi) is 4.15. The number of likely N-dealkylation sites (N-methyl/N-ethyl adjacent to an activating group) is 1. The Morgan fingerprint density at radius 1 is 1.56 bits per heavy atom. The van der Waals surface area contributed by atoms with Crippen LogP contribution < -0.4 is 9.64 Å². The molecule has 0 fully saturated rings. The fourth-order valence-corrected chi connectivity index (χ4v) is 1.54. The number of aliphatic hydroxyl groups excluding tert-OH is 1. The van der Waals surface area contributed by atoms with E-state index in [0.29, 0.717) is 17.9 Å². The SMILES string of the molecule is COc1ccc(C#N)c(N(C)CC(C)O)c1. The third-order valence-corrected chi connectivity index (χ3v) is 2.27. The van der Waals surface area contributed by atoms with Gasteiger partial charge in [-0.25, -0.2) is 0 Å². The first kappa shape index (κ1) is 12.3. The van der Waals surface area contributed by atoms with Crippen molar-refractivity contribution in [2.45, 2.75) is 13.0 Å². The lowest BCUT2D eigenvalue weighted by molar-refractivity contribution is 0.201. The van der Waals surface area contributed by atoms with Crippen LogP contribution in [0.2, 0.25) is 0 Å². The Bertz CT molecular complexity index is 396. The van der Waals surface area contributed by atoms with Crippen LogP contribution in [-0.2, 0) is 0 Å². The molecule has 1 N–H and O–H groups in total. The van der Waals surface area contributed by atoms with E-state index in [0.717, 1.165) is 5.69 Å². The van der Waals surface area contributed by atoms with Gasteiger partial charge in [-0.05, 0) is 19.1 Å². The number of aliphatic hydroxyl groups is 1. The monoisotopic (exact) mass is 220 g/mol. The molecule has 1 rings (SSSR count). The molecule has 0 aromatic heterocycles. The number of hydrogen-bond acceptors (Lipinski definition) is 4. The molecule has 86 valence electrons. The van der Waals surface area contributed by atoms with Crippen LogP contribution in [-0.4, -0.2) is 31.9 Å². The van der Waals surface area contributed by atoms with Gasteiger partial charge >= 0.3 is 0 Å². The first-order valence-corrected chi connectivity index (χ1v) is 5.05. The van der Waals surface area contributed by atoms with Crippen LogP contribution in [0, 0.1) is 11.3 Å². The van der Waals surface area contributed by atoms with Gasteiger partial charge in [0.1, 0.15) is 11.8 Å². The van der Waals surface area contributed by atoms with Crippen LogP contribution in [0.3, 0.4) is 0 Å². The molecular formula is C12H16N2O2. The summed E-state index contributed by atoms with van der Waals surface area (Å²) >= 11 is 0. The lowest BCUT2D eigenvalue weighted by atomic mass is 10.1. The van der Waals surface area contributed by atoms with Gasteiger partial charge in [0.15, 0.2) is 0 Å². The maximum absolute atomic E-state index is 9.32. The van der Waals surface area contributed by atoms with Gasteiger partial charge in [-0.3, -0.25) is 0 Å². The minimum atomic E-state index is -0.442.